The Labute approximate surface area is 306 Å². The predicted molar refractivity (Wildman–Crippen MR) is 236 cm³/mol. The maximum absolute atomic E-state index is 2.40. The third kappa shape index (κ3) is 15.3. The third-order valence-corrected chi connectivity index (χ3v) is 13.9. The maximum atomic E-state index is 2.40. The van der Waals surface area contributed by atoms with Crippen molar-refractivity contribution in [2.45, 2.75) is 81.5 Å². The molecule has 0 saturated heterocycles. The lowest BCUT2D eigenvalue weighted by atomic mass is 10.0. The minimum atomic E-state index is -1.17. The molecule has 0 fully saturated rings. The van der Waals surface area contributed by atoms with Crippen molar-refractivity contribution in [1.82, 2.24) is 0 Å². The molecule has 0 radical (unpaired) electrons. The van der Waals surface area contributed by atoms with Crippen molar-refractivity contribution < 1.29 is 0 Å². The molecule has 0 nitrogen and oxygen atoms in total. The molecule has 254 valence electrons. The van der Waals surface area contributed by atoms with Gasteiger partial charge in [-0.15, -0.1) is 0 Å². The summed E-state index contributed by atoms with van der Waals surface area (Å²) in [5.74, 6) is 0. The van der Waals surface area contributed by atoms with Gasteiger partial charge in [-0.25, -0.2) is 0 Å². The molecule has 0 saturated carbocycles. The van der Waals surface area contributed by atoms with Crippen LogP contribution in [0.3, 0.4) is 0 Å². The van der Waals surface area contributed by atoms with Crippen LogP contribution in [0, 0.1) is 13.8 Å². The fourth-order valence-corrected chi connectivity index (χ4v) is 9.59. The smallest absolute Gasteiger partial charge is 0.0775 e. The molecule has 0 spiro atoms. The number of hydrogen-bond donors (Lipinski definition) is 0. The summed E-state index contributed by atoms with van der Waals surface area (Å²) >= 11 is 0. The summed E-state index contributed by atoms with van der Waals surface area (Å²) in [6.07, 6.45) is 1.04. The Bertz CT molecular complexity index is 1810. The molecule has 0 amide bonds. The molecular formula is C45H58Si4. The zero-order valence-corrected chi connectivity index (χ0v) is 36.5. The molecule has 0 aliphatic carbocycles. The monoisotopic (exact) mass is 710 g/mol. The first-order chi connectivity index (χ1) is 23.2. The fraction of sp³-hybridized carbons (Fsp3) is 0.267. The summed E-state index contributed by atoms with van der Waals surface area (Å²) in [6.45, 7) is 24.7. The van der Waals surface area contributed by atoms with Crippen molar-refractivity contribution in [3.8, 4) is 11.1 Å². The Balaban J connectivity index is 0.000000209. The van der Waals surface area contributed by atoms with E-state index < -0.39 is 8.07 Å². The molecule has 4 heteroatoms. The number of rotatable bonds is 7. The van der Waals surface area contributed by atoms with Crippen LogP contribution in [-0.4, -0.2) is 51.0 Å². The zero-order valence-electron chi connectivity index (χ0n) is 32.0. The number of hydrogen-bond acceptors (Lipinski definition) is 0. The predicted octanol–water partition coefficient (Wildman–Crippen LogP) is 7.30. The molecule has 0 bridgehead atoms. The normalized spacial score (nSPS) is 10.4. The second kappa shape index (κ2) is 19.7. The van der Waals surface area contributed by atoms with E-state index in [0.29, 0.717) is 27.4 Å². The largest absolute Gasteiger partial charge is 0.0939 e. The van der Waals surface area contributed by atoms with Crippen LogP contribution in [0.15, 0.2) is 121 Å². The van der Waals surface area contributed by atoms with E-state index in [1.807, 2.05) is 0 Å². The summed E-state index contributed by atoms with van der Waals surface area (Å²) in [5.41, 5.74) is 8.09. The van der Waals surface area contributed by atoms with Crippen LogP contribution in [0.25, 0.3) is 11.1 Å². The second-order valence-electron chi connectivity index (χ2n) is 14.9. The van der Waals surface area contributed by atoms with E-state index in [2.05, 4.69) is 196 Å². The van der Waals surface area contributed by atoms with Crippen molar-refractivity contribution in [3.05, 3.63) is 144 Å². The molecule has 0 unspecified atom stereocenters. The Kier molecular flexibility index (Phi) is 16.1. The average Bonchev–Trinajstić information content (AvgIpc) is 3.04. The van der Waals surface area contributed by atoms with Gasteiger partial charge in [-0.05, 0) is 99.6 Å². The lowest BCUT2D eigenvalue weighted by Gasteiger charge is -2.16. The summed E-state index contributed by atoms with van der Waals surface area (Å²) in [4.78, 5) is 0. The first-order valence-corrected chi connectivity index (χ1v) is 24.5. The van der Waals surface area contributed by atoms with Gasteiger partial charge in [0.15, 0.2) is 0 Å². The zero-order chi connectivity index (χ0) is 36.0. The highest BCUT2D eigenvalue weighted by molar-refractivity contribution is 6.88. The van der Waals surface area contributed by atoms with Crippen LogP contribution >= 0.6 is 0 Å². The number of aryl methyl sites for hydroxylation is 2. The molecule has 0 heterocycles. The van der Waals surface area contributed by atoms with Gasteiger partial charge in [0.25, 0.3) is 0 Å². The van der Waals surface area contributed by atoms with Gasteiger partial charge in [0.2, 0.25) is 0 Å². The van der Waals surface area contributed by atoms with E-state index in [4.69, 9.17) is 0 Å². The second-order valence-corrected chi connectivity index (χ2v) is 26.3. The van der Waals surface area contributed by atoms with Crippen LogP contribution < -0.4 is 20.7 Å². The Morgan fingerprint density at radius 3 is 1.04 bits per heavy atom. The highest BCUT2D eigenvalue weighted by Crippen LogP contribution is 2.18. The third-order valence-electron chi connectivity index (χ3n) is 7.95. The van der Waals surface area contributed by atoms with Crippen molar-refractivity contribution in [2.75, 3.05) is 0 Å². The van der Waals surface area contributed by atoms with Gasteiger partial charge < -0.3 is 0 Å². The van der Waals surface area contributed by atoms with Crippen LogP contribution in [0.4, 0.5) is 0 Å². The molecule has 49 heavy (non-hydrogen) atoms. The van der Waals surface area contributed by atoms with Gasteiger partial charge in [-0.3, -0.25) is 0 Å². The van der Waals surface area contributed by atoms with Crippen molar-refractivity contribution >= 4 is 71.7 Å². The van der Waals surface area contributed by atoms with Crippen LogP contribution in [0.2, 0.25) is 19.6 Å². The van der Waals surface area contributed by atoms with Gasteiger partial charge in [-0.2, -0.15) is 0 Å². The van der Waals surface area contributed by atoms with E-state index in [0.717, 1.165) is 6.42 Å². The Morgan fingerprint density at radius 2 is 0.694 bits per heavy atom. The molecular weight excluding hydrogens is 653 g/mol. The SMILES string of the molecule is CC(C)=[SiH]c1ccc(-c2ccc(C)cc2)cc1.CC(C)=[SiH]c1ccc(C)cc1.CC(C)=[SiH]c1ccc(Cc2ccc([Si](C)(C)C)cc2)cc1. The molecule has 5 aromatic rings. The van der Waals surface area contributed by atoms with Crippen LogP contribution in [-0.2, 0) is 6.42 Å². The van der Waals surface area contributed by atoms with E-state index in [1.54, 1.807) is 15.5 Å². The van der Waals surface area contributed by atoms with Gasteiger partial charge in [-0.1, -0.05) is 173 Å². The lowest BCUT2D eigenvalue weighted by Crippen LogP contribution is -2.37. The summed E-state index contributed by atoms with van der Waals surface area (Å²) < 4.78 is 0. The fourth-order valence-electron chi connectivity index (χ4n) is 5.27. The van der Waals surface area contributed by atoms with Crippen LogP contribution in [0.1, 0.15) is 63.8 Å². The highest BCUT2D eigenvalue weighted by atomic mass is 28.3. The quantitative estimate of drug-likeness (QED) is 0.156. The summed E-state index contributed by atoms with van der Waals surface area (Å²) in [5, 5.41) is 10.6. The van der Waals surface area contributed by atoms with Gasteiger partial charge in [0.05, 0.1) is 8.07 Å². The van der Waals surface area contributed by atoms with E-state index in [9.17, 15) is 0 Å². The van der Waals surface area contributed by atoms with E-state index >= 15 is 0 Å². The first kappa shape index (κ1) is 40.0. The Morgan fingerprint density at radius 1 is 0.408 bits per heavy atom. The average molecular weight is 711 g/mol. The molecule has 0 atom stereocenters. The first-order valence-electron chi connectivity index (χ1n) is 17.5. The molecule has 0 N–H and O–H groups in total. The van der Waals surface area contributed by atoms with Crippen LogP contribution in [0.5, 0.6) is 0 Å². The highest BCUT2D eigenvalue weighted by Gasteiger charge is 2.15. The molecule has 5 rings (SSSR count). The molecule has 0 aliphatic heterocycles. The lowest BCUT2D eigenvalue weighted by molar-refractivity contribution is 1.20. The maximum Gasteiger partial charge on any atom is 0.0775 e. The standard InChI is InChI=1S/C19H26Si2.C16H18Si.C10H14Si/c1-15(2)20-18-10-6-16(7-11-18)14-17-8-12-19(13-9-17)21(3,4)5;1-12(2)17-16-10-8-15(9-11-16)14-6-4-13(3)5-7-14;1-8(2)11-10-6-4-9(3)5-7-10/h6-13,20H,14H2,1-5H3;4-11,17H,1-3H3;4-7,11H,1-3H3. The molecule has 0 aromatic heterocycles. The van der Waals surface area contributed by atoms with Crippen molar-refractivity contribution in [3.63, 3.8) is 0 Å². The summed E-state index contributed by atoms with van der Waals surface area (Å²) in [6, 6.07) is 45.0. The topological polar surface area (TPSA) is 0 Å². The number of benzene rings is 5. The van der Waals surface area contributed by atoms with E-state index in [1.165, 1.54) is 54.1 Å². The minimum absolute atomic E-state index is 0.334. The molecule has 0 aliphatic rings. The molecule has 5 aromatic carbocycles. The van der Waals surface area contributed by atoms with Gasteiger partial charge in [0.1, 0.15) is 0 Å². The van der Waals surface area contributed by atoms with Gasteiger partial charge in [0, 0.05) is 27.4 Å². The Hall–Kier alpha value is -3.42. The summed E-state index contributed by atoms with van der Waals surface area (Å²) in [7, 11) is -0.101. The van der Waals surface area contributed by atoms with Crippen molar-refractivity contribution in [2.24, 2.45) is 0 Å². The van der Waals surface area contributed by atoms with Crippen molar-refractivity contribution in [1.29, 1.82) is 0 Å². The van der Waals surface area contributed by atoms with E-state index in [-0.39, 0.29) is 0 Å². The van der Waals surface area contributed by atoms with Gasteiger partial charge >= 0.3 is 0 Å². The minimum Gasteiger partial charge on any atom is -0.0939 e.